The van der Waals surface area contributed by atoms with Gasteiger partial charge in [0, 0.05) is 12.2 Å². The molecule has 1 heterocycles. The fraction of sp³-hybridized carbons (Fsp3) is 0.227. The van der Waals surface area contributed by atoms with Crippen LogP contribution in [0.25, 0.3) is 0 Å². The van der Waals surface area contributed by atoms with E-state index in [9.17, 15) is 23.9 Å². The molecule has 168 valence electrons. The second-order valence-corrected chi connectivity index (χ2v) is 7.15. The Morgan fingerprint density at radius 3 is 2.47 bits per heavy atom. The SMILES string of the molecule is CCn1c(=O)c(C(=O)CNc2cccc(C(N)O)c2)c(N)n(Cc2ccc(F)cc2)c1=O. The molecule has 0 amide bonds. The molecule has 9 nitrogen and oxygen atoms in total. The normalized spacial score (nSPS) is 11.9. The largest absolute Gasteiger partial charge is 0.384 e. The standard InChI is InChI=1S/C22H24FN5O4/c1-2-27-21(31)18(17(29)11-26-16-5-3-4-14(10-16)20(25)30)19(24)28(22(27)32)12-13-6-8-15(23)9-7-13/h3-10,20,26,30H,2,11-12,24-25H2,1H3. The molecule has 0 bridgehead atoms. The third-order valence-corrected chi connectivity index (χ3v) is 5.00. The van der Waals surface area contributed by atoms with Crippen molar-refractivity contribution in [3.05, 3.63) is 91.9 Å². The Balaban J connectivity index is 1.95. The third kappa shape index (κ3) is 4.76. The minimum Gasteiger partial charge on any atom is -0.384 e. The maximum atomic E-state index is 13.2. The van der Waals surface area contributed by atoms with Gasteiger partial charge in [-0.1, -0.05) is 24.3 Å². The van der Waals surface area contributed by atoms with Crippen LogP contribution in [0.5, 0.6) is 0 Å². The summed E-state index contributed by atoms with van der Waals surface area (Å²) in [6.45, 7) is 1.35. The number of carbonyl (C=O) groups excluding carboxylic acids is 1. The summed E-state index contributed by atoms with van der Waals surface area (Å²) in [6, 6.07) is 12.0. The van der Waals surface area contributed by atoms with E-state index in [1.807, 2.05) is 0 Å². The van der Waals surface area contributed by atoms with Gasteiger partial charge in [0.15, 0.2) is 5.78 Å². The Kier molecular flexibility index (Phi) is 6.86. The van der Waals surface area contributed by atoms with Crippen molar-refractivity contribution in [2.45, 2.75) is 26.2 Å². The minimum atomic E-state index is -1.17. The summed E-state index contributed by atoms with van der Waals surface area (Å²) in [4.78, 5) is 38.5. The van der Waals surface area contributed by atoms with Crippen LogP contribution < -0.4 is 28.0 Å². The molecule has 3 aromatic rings. The Labute approximate surface area is 182 Å². The van der Waals surface area contributed by atoms with E-state index in [0.717, 1.165) is 9.13 Å². The zero-order valence-corrected chi connectivity index (χ0v) is 17.4. The van der Waals surface area contributed by atoms with Crippen molar-refractivity contribution >= 4 is 17.3 Å². The van der Waals surface area contributed by atoms with Gasteiger partial charge in [-0.25, -0.2) is 9.18 Å². The van der Waals surface area contributed by atoms with E-state index in [-0.39, 0.29) is 31.0 Å². The van der Waals surface area contributed by atoms with Crippen molar-refractivity contribution in [2.75, 3.05) is 17.6 Å². The quantitative estimate of drug-likeness (QED) is 0.302. The number of ketones is 1. The van der Waals surface area contributed by atoms with E-state index >= 15 is 0 Å². The minimum absolute atomic E-state index is 0.0324. The van der Waals surface area contributed by atoms with Crippen molar-refractivity contribution in [1.82, 2.24) is 9.13 Å². The fourth-order valence-corrected chi connectivity index (χ4v) is 3.28. The number of hydrogen-bond acceptors (Lipinski definition) is 7. The molecule has 0 saturated carbocycles. The van der Waals surface area contributed by atoms with Gasteiger partial charge in [-0.05, 0) is 42.3 Å². The Morgan fingerprint density at radius 1 is 1.16 bits per heavy atom. The molecule has 3 rings (SSSR count). The van der Waals surface area contributed by atoms with Gasteiger partial charge in [0.05, 0.1) is 13.1 Å². The van der Waals surface area contributed by atoms with Crippen LogP contribution in [0.3, 0.4) is 0 Å². The molecule has 0 saturated heterocycles. The van der Waals surface area contributed by atoms with E-state index in [4.69, 9.17) is 11.5 Å². The van der Waals surface area contributed by atoms with Crippen LogP contribution in [-0.2, 0) is 13.1 Å². The summed E-state index contributed by atoms with van der Waals surface area (Å²) in [7, 11) is 0. The van der Waals surface area contributed by atoms with Gasteiger partial charge in [0.2, 0.25) is 0 Å². The van der Waals surface area contributed by atoms with Crippen LogP contribution in [-0.4, -0.2) is 26.6 Å². The number of aliphatic hydroxyl groups is 1. The van der Waals surface area contributed by atoms with Gasteiger partial charge in [-0.3, -0.25) is 18.7 Å². The molecular weight excluding hydrogens is 417 g/mol. The van der Waals surface area contributed by atoms with Gasteiger partial charge in [0.1, 0.15) is 23.4 Å². The smallest absolute Gasteiger partial charge is 0.332 e. The van der Waals surface area contributed by atoms with E-state index in [2.05, 4.69) is 5.32 Å². The summed E-state index contributed by atoms with van der Waals surface area (Å²) in [6.07, 6.45) is -1.17. The topological polar surface area (TPSA) is 145 Å². The molecule has 1 atom stereocenters. The molecule has 1 unspecified atom stereocenters. The molecule has 1 aromatic heterocycles. The van der Waals surface area contributed by atoms with Gasteiger partial charge in [-0.15, -0.1) is 0 Å². The zero-order chi connectivity index (χ0) is 23.4. The Hall–Kier alpha value is -3.76. The summed E-state index contributed by atoms with van der Waals surface area (Å²) < 4.78 is 15.3. The highest BCUT2D eigenvalue weighted by atomic mass is 19.1. The van der Waals surface area contributed by atoms with Crippen molar-refractivity contribution in [3.63, 3.8) is 0 Å². The first-order chi connectivity index (χ1) is 15.2. The highest BCUT2D eigenvalue weighted by Crippen LogP contribution is 2.15. The number of nitrogens with zero attached hydrogens (tertiary/aromatic N) is 2. The highest BCUT2D eigenvalue weighted by molar-refractivity contribution is 6.02. The predicted octanol–water partition coefficient (Wildman–Crippen LogP) is 1.04. The lowest BCUT2D eigenvalue weighted by atomic mass is 10.1. The van der Waals surface area contributed by atoms with E-state index in [1.165, 1.54) is 24.3 Å². The molecular formula is C22H24FN5O4. The van der Waals surface area contributed by atoms with Crippen LogP contribution in [0.15, 0.2) is 58.1 Å². The number of nitrogens with one attached hydrogen (secondary N) is 1. The Morgan fingerprint density at radius 2 is 1.84 bits per heavy atom. The lowest BCUT2D eigenvalue weighted by Crippen LogP contribution is -2.44. The molecule has 6 N–H and O–H groups in total. The number of anilines is 2. The molecule has 10 heteroatoms. The van der Waals surface area contributed by atoms with Gasteiger partial charge in [0.25, 0.3) is 5.56 Å². The maximum absolute atomic E-state index is 13.2. The number of nitrogens with two attached hydrogens (primary N) is 2. The number of Topliss-reactive ketones (excluding diaryl/α,β-unsaturated/α-hetero) is 1. The highest BCUT2D eigenvalue weighted by Gasteiger charge is 2.22. The molecule has 0 radical (unpaired) electrons. The number of benzene rings is 2. The summed E-state index contributed by atoms with van der Waals surface area (Å²) >= 11 is 0. The maximum Gasteiger partial charge on any atom is 0.332 e. The first kappa shape index (κ1) is 22.9. The lowest BCUT2D eigenvalue weighted by Gasteiger charge is -2.16. The van der Waals surface area contributed by atoms with E-state index < -0.39 is 29.1 Å². The Bertz CT molecular complexity index is 1250. The van der Waals surface area contributed by atoms with Crippen molar-refractivity contribution < 1.29 is 14.3 Å². The number of carbonyl (C=O) groups is 1. The molecule has 2 aromatic carbocycles. The summed E-state index contributed by atoms with van der Waals surface area (Å²) in [5.41, 5.74) is 11.3. The predicted molar refractivity (Wildman–Crippen MR) is 119 cm³/mol. The number of aliphatic hydroxyl groups excluding tert-OH is 1. The fourth-order valence-electron chi connectivity index (χ4n) is 3.28. The molecule has 0 aliphatic heterocycles. The molecule has 0 fully saturated rings. The van der Waals surface area contributed by atoms with E-state index in [0.29, 0.717) is 16.8 Å². The van der Waals surface area contributed by atoms with Crippen LogP contribution in [0, 0.1) is 5.82 Å². The van der Waals surface area contributed by atoms with Crippen LogP contribution in [0.4, 0.5) is 15.9 Å². The number of rotatable bonds is 8. The zero-order valence-electron chi connectivity index (χ0n) is 17.4. The number of halogens is 1. The molecule has 32 heavy (non-hydrogen) atoms. The van der Waals surface area contributed by atoms with Crippen LogP contribution in [0.1, 0.15) is 34.6 Å². The van der Waals surface area contributed by atoms with Crippen LogP contribution in [0.2, 0.25) is 0 Å². The van der Waals surface area contributed by atoms with Crippen LogP contribution >= 0.6 is 0 Å². The second-order valence-electron chi connectivity index (χ2n) is 7.15. The monoisotopic (exact) mass is 441 g/mol. The molecule has 0 spiro atoms. The molecule has 0 aliphatic carbocycles. The number of nitrogen functional groups attached to an aromatic ring is 1. The van der Waals surface area contributed by atoms with Crippen molar-refractivity contribution in [1.29, 1.82) is 0 Å². The number of aromatic nitrogens is 2. The van der Waals surface area contributed by atoms with Gasteiger partial charge in [-0.2, -0.15) is 0 Å². The van der Waals surface area contributed by atoms with Gasteiger partial charge < -0.3 is 21.9 Å². The van der Waals surface area contributed by atoms with Gasteiger partial charge >= 0.3 is 5.69 Å². The average Bonchev–Trinajstić information content (AvgIpc) is 2.77. The van der Waals surface area contributed by atoms with E-state index in [1.54, 1.807) is 31.2 Å². The van der Waals surface area contributed by atoms with Crippen molar-refractivity contribution in [2.24, 2.45) is 5.73 Å². The first-order valence-electron chi connectivity index (χ1n) is 9.91. The summed E-state index contributed by atoms with van der Waals surface area (Å²) in [5.74, 6) is -1.30. The summed E-state index contributed by atoms with van der Waals surface area (Å²) in [5, 5.41) is 12.4. The second kappa shape index (κ2) is 9.58. The molecule has 0 aliphatic rings. The average molecular weight is 441 g/mol. The third-order valence-electron chi connectivity index (χ3n) is 5.00. The number of hydrogen-bond donors (Lipinski definition) is 4. The van der Waals surface area contributed by atoms with Crippen molar-refractivity contribution in [3.8, 4) is 0 Å². The lowest BCUT2D eigenvalue weighted by molar-refractivity contribution is 0.100. The first-order valence-corrected chi connectivity index (χ1v) is 9.91.